The van der Waals surface area contributed by atoms with Crippen LogP contribution in [0.3, 0.4) is 0 Å². The lowest BCUT2D eigenvalue weighted by Crippen LogP contribution is -2.55. The number of piperidine rings is 1. The highest BCUT2D eigenvalue weighted by Gasteiger charge is 2.32. The summed E-state index contributed by atoms with van der Waals surface area (Å²) in [6.07, 6.45) is 3.48. The molecule has 28 heavy (non-hydrogen) atoms. The van der Waals surface area contributed by atoms with E-state index in [1.54, 1.807) is 4.90 Å². The Morgan fingerprint density at radius 2 is 1.86 bits per heavy atom. The van der Waals surface area contributed by atoms with Crippen molar-refractivity contribution in [2.75, 3.05) is 45.8 Å². The number of rotatable bonds is 5. The van der Waals surface area contributed by atoms with E-state index in [-0.39, 0.29) is 24.0 Å². The van der Waals surface area contributed by atoms with E-state index >= 15 is 0 Å². The molecule has 1 unspecified atom stereocenters. The number of likely N-dealkylation sites (tertiary alicyclic amines) is 1. The summed E-state index contributed by atoms with van der Waals surface area (Å²) in [5.74, 6) is -0.754. The van der Waals surface area contributed by atoms with Gasteiger partial charge in [0.05, 0.1) is 0 Å². The fraction of sp³-hybridized carbons (Fsp3) is 0.632. The maximum atomic E-state index is 13.9. The van der Waals surface area contributed by atoms with Crippen LogP contribution in [0.5, 0.6) is 0 Å². The third-order valence-corrected chi connectivity index (χ3v) is 7.56. The van der Waals surface area contributed by atoms with Crippen molar-refractivity contribution in [1.29, 1.82) is 0 Å². The summed E-state index contributed by atoms with van der Waals surface area (Å²) < 4.78 is 40.4. The van der Waals surface area contributed by atoms with Crippen LogP contribution in [0.1, 0.15) is 26.2 Å². The number of amides is 2. The van der Waals surface area contributed by atoms with Gasteiger partial charge in [0.15, 0.2) is 0 Å². The first-order valence-electron chi connectivity index (χ1n) is 9.95. The molecule has 2 aliphatic rings. The van der Waals surface area contributed by atoms with Gasteiger partial charge in [0.2, 0.25) is 10.0 Å². The quantitative estimate of drug-likeness (QED) is 0.799. The first kappa shape index (κ1) is 21.0. The number of nitrogens with zero attached hydrogens (tertiary/aromatic N) is 3. The Balaban J connectivity index is 1.52. The minimum atomic E-state index is -3.89. The number of hydrogen-bond acceptors (Lipinski definition) is 4. The summed E-state index contributed by atoms with van der Waals surface area (Å²) in [6.45, 7) is 5.71. The van der Waals surface area contributed by atoms with Crippen LogP contribution in [-0.2, 0) is 10.0 Å². The number of carbonyl (C=O) groups is 1. The molecule has 2 saturated heterocycles. The number of sulfonamides is 1. The summed E-state index contributed by atoms with van der Waals surface area (Å²) in [4.78, 5) is 16.2. The van der Waals surface area contributed by atoms with Gasteiger partial charge in [-0.25, -0.2) is 17.6 Å². The van der Waals surface area contributed by atoms with Crippen molar-refractivity contribution in [3.05, 3.63) is 30.1 Å². The zero-order valence-electron chi connectivity index (χ0n) is 16.3. The second-order valence-electron chi connectivity index (χ2n) is 7.29. The smallest absolute Gasteiger partial charge is 0.317 e. The molecule has 156 valence electrons. The van der Waals surface area contributed by atoms with Gasteiger partial charge in [0, 0.05) is 38.8 Å². The van der Waals surface area contributed by atoms with Gasteiger partial charge in [0.25, 0.3) is 0 Å². The Kier molecular flexibility index (Phi) is 6.90. The fourth-order valence-corrected chi connectivity index (χ4v) is 5.44. The number of hydrogen-bond donors (Lipinski definition) is 1. The van der Waals surface area contributed by atoms with Crippen LogP contribution in [0.25, 0.3) is 0 Å². The second kappa shape index (κ2) is 9.19. The molecule has 0 radical (unpaired) electrons. The molecule has 1 N–H and O–H groups in total. The Hall–Kier alpha value is -1.71. The molecule has 1 atom stereocenters. The lowest BCUT2D eigenvalue weighted by Gasteiger charge is -2.37. The average molecular weight is 413 g/mol. The number of halogens is 1. The van der Waals surface area contributed by atoms with Gasteiger partial charge >= 0.3 is 6.03 Å². The third kappa shape index (κ3) is 4.64. The fourth-order valence-electron chi connectivity index (χ4n) is 3.95. The van der Waals surface area contributed by atoms with Crippen LogP contribution >= 0.6 is 0 Å². The van der Waals surface area contributed by atoms with Gasteiger partial charge in [-0.3, -0.25) is 4.90 Å². The van der Waals surface area contributed by atoms with Gasteiger partial charge < -0.3 is 10.2 Å². The average Bonchev–Trinajstić information content (AvgIpc) is 2.72. The monoisotopic (exact) mass is 412 g/mol. The molecule has 7 nitrogen and oxygen atoms in total. The van der Waals surface area contributed by atoms with E-state index in [1.807, 2.05) is 0 Å². The maximum absolute atomic E-state index is 13.9. The van der Waals surface area contributed by atoms with Crippen molar-refractivity contribution in [1.82, 2.24) is 19.4 Å². The molecule has 2 aliphatic heterocycles. The molecule has 3 rings (SSSR count). The SMILES string of the molecule is CCN1CCCCC1CNC(=O)N1CCN(S(=O)(=O)c2ccccc2F)CC1. The molecule has 9 heteroatoms. The van der Waals surface area contributed by atoms with E-state index in [2.05, 4.69) is 17.1 Å². The highest BCUT2D eigenvalue weighted by molar-refractivity contribution is 7.89. The Morgan fingerprint density at radius 1 is 1.14 bits per heavy atom. The van der Waals surface area contributed by atoms with Crippen LogP contribution in [-0.4, -0.2) is 80.4 Å². The van der Waals surface area contributed by atoms with Gasteiger partial charge in [0.1, 0.15) is 10.7 Å². The molecular formula is C19H29FN4O3S. The Bertz CT molecular complexity index is 781. The molecule has 0 spiro atoms. The number of urea groups is 1. The normalized spacial score (nSPS) is 22.2. The van der Waals surface area contributed by atoms with Gasteiger partial charge in [-0.05, 0) is 38.1 Å². The molecule has 2 amide bonds. The van der Waals surface area contributed by atoms with Crippen molar-refractivity contribution in [2.24, 2.45) is 0 Å². The van der Waals surface area contributed by atoms with E-state index in [4.69, 9.17) is 0 Å². The standard InChI is InChI=1S/C19H29FN4O3S/c1-2-22-10-6-5-7-16(22)15-21-19(25)23-11-13-24(14-12-23)28(26,27)18-9-4-3-8-17(18)20/h3-4,8-9,16H,2,5-7,10-15H2,1H3,(H,21,25). The number of nitrogens with one attached hydrogen (secondary N) is 1. The predicted octanol–water partition coefficient (Wildman–Crippen LogP) is 1.72. The van der Waals surface area contributed by atoms with Crippen LogP contribution in [0, 0.1) is 5.82 Å². The van der Waals surface area contributed by atoms with Gasteiger partial charge in [-0.1, -0.05) is 25.5 Å². The van der Waals surface area contributed by atoms with Crippen LogP contribution < -0.4 is 5.32 Å². The number of piperazine rings is 1. The first-order valence-corrected chi connectivity index (χ1v) is 11.4. The van der Waals surface area contributed by atoms with E-state index in [0.29, 0.717) is 25.7 Å². The lowest BCUT2D eigenvalue weighted by molar-refractivity contribution is 0.143. The van der Waals surface area contributed by atoms with E-state index in [0.717, 1.165) is 25.6 Å². The van der Waals surface area contributed by atoms with Crippen molar-refractivity contribution in [3.8, 4) is 0 Å². The van der Waals surface area contributed by atoms with Crippen LogP contribution in [0.15, 0.2) is 29.2 Å². The van der Waals surface area contributed by atoms with Crippen molar-refractivity contribution < 1.29 is 17.6 Å². The molecule has 0 saturated carbocycles. The number of carbonyl (C=O) groups excluding carboxylic acids is 1. The predicted molar refractivity (Wildman–Crippen MR) is 105 cm³/mol. The molecule has 0 aromatic heterocycles. The summed E-state index contributed by atoms with van der Waals surface area (Å²) in [5, 5.41) is 3.00. The first-order chi connectivity index (χ1) is 13.4. The minimum Gasteiger partial charge on any atom is -0.336 e. The van der Waals surface area contributed by atoms with Gasteiger partial charge in [-0.15, -0.1) is 0 Å². The molecule has 1 aromatic rings. The highest BCUT2D eigenvalue weighted by Crippen LogP contribution is 2.20. The highest BCUT2D eigenvalue weighted by atomic mass is 32.2. The summed E-state index contributed by atoms with van der Waals surface area (Å²) >= 11 is 0. The Morgan fingerprint density at radius 3 is 2.54 bits per heavy atom. The zero-order valence-corrected chi connectivity index (χ0v) is 17.1. The molecule has 2 heterocycles. The van der Waals surface area contributed by atoms with E-state index in [1.165, 1.54) is 35.3 Å². The van der Waals surface area contributed by atoms with Gasteiger partial charge in [-0.2, -0.15) is 4.31 Å². The molecule has 2 fully saturated rings. The molecular weight excluding hydrogens is 383 g/mol. The minimum absolute atomic E-state index is 0.161. The molecule has 0 bridgehead atoms. The van der Waals surface area contributed by atoms with Crippen molar-refractivity contribution >= 4 is 16.1 Å². The topological polar surface area (TPSA) is 73.0 Å². The van der Waals surface area contributed by atoms with E-state index < -0.39 is 15.8 Å². The summed E-state index contributed by atoms with van der Waals surface area (Å²) in [7, 11) is -3.89. The summed E-state index contributed by atoms with van der Waals surface area (Å²) in [6, 6.07) is 5.58. The largest absolute Gasteiger partial charge is 0.336 e. The van der Waals surface area contributed by atoms with Crippen LogP contribution in [0.2, 0.25) is 0 Å². The van der Waals surface area contributed by atoms with Crippen molar-refractivity contribution in [2.45, 2.75) is 37.1 Å². The second-order valence-corrected chi connectivity index (χ2v) is 9.19. The number of likely N-dealkylation sites (N-methyl/N-ethyl adjacent to an activating group) is 1. The molecule has 0 aliphatic carbocycles. The zero-order chi connectivity index (χ0) is 20.1. The lowest BCUT2D eigenvalue weighted by atomic mass is 10.0. The van der Waals surface area contributed by atoms with Crippen molar-refractivity contribution in [3.63, 3.8) is 0 Å². The third-order valence-electron chi connectivity index (χ3n) is 5.62. The van der Waals surface area contributed by atoms with Crippen LogP contribution in [0.4, 0.5) is 9.18 Å². The Labute approximate surface area is 166 Å². The maximum Gasteiger partial charge on any atom is 0.317 e. The number of benzene rings is 1. The summed E-state index contributed by atoms with van der Waals surface area (Å²) in [5.41, 5.74) is 0. The molecule has 1 aromatic carbocycles. The van der Waals surface area contributed by atoms with E-state index in [9.17, 15) is 17.6 Å².